The van der Waals surface area contributed by atoms with Crippen LogP contribution in [-0.2, 0) is 6.54 Å². The van der Waals surface area contributed by atoms with Crippen molar-refractivity contribution in [3.05, 3.63) is 35.0 Å². The Labute approximate surface area is 89.1 Å². The van der Waals surface area contributed by atoms with Crippen molar-refractivity contribution in [2.45, 2.75) is 6.54 Å². The summed E-state index contributed by atoms with van der Waals surface area (Å²) in [5.41, 5.74) is 5.44. The van der Waals surface area contributed by atoms with E-state index in [2.05, 4.69) is 31.0 Å². The molecule has 0 spiro atoms. The minimum Gasteiger partial charge on any atom is -0.324 e. The molecule has 2 heterocycles. The van der Waals surface area contributed by atoms with Crippen molar-refractivity contribution in [3.63, 3.8) is 0 Å². The normalized spacial score (nSPS) is 10.4. The first-order valence-electron chi connectivity index (χ1n) is 4.02. The molecule has 0 aliphatic rings. The summed E-state index contributed by atoms with van der Waals surface area (Å²) in [4.78, 5) is 8.22. The fraction of sp³-hybridized carbons (Fsp3) is 0.125. The minimum atomic E-state index is 0.330. The van der Waals surface area contributed by atoms with Crippen LogP contribution in [0.1, 0.15) is 5.82 Å². The minimum absolute atomic E-state index is 0.330. The number of hydrogen-bond acceptors (Lipinski definition) is 4. The molecular weight excluding hydrogens is 246 g/mol. The van der Waals surface area contributed by atoms with Crippen LogP contribution in [0.25, 0.3) is 5.82 Å². The first-order chi connectivity index (χ1) is 6.79. The van der Waals surface area contributed by atoms with E-state index in [4.69, 9.17) is 5.73 Å². The Kier molecular flexibility index (Phi) is 2.55. The Balaban J connectivity index is 2.41. The summed E-state index contributed by atoms with van der Waals surface area (Å²) in [6.07, 6.45) is 5.19. The zero-order valence-corrected chi connectivity index (χ0v) is 8.85. The van der Waals surface area contributed by atoms with Gasteiger partial charge < -0.3 is 5.73 Å². The predicted octanol–water partition coefficient (Wildman–Crippen LogP) is 0.883. The number of halogens is 1. The van der Waals surface area contributed by atoms with Crippen molar-refractivity contribution in [1.82, 2.24) is 19.7 Å². The molecule has 0 unspecified atom stereocenters. The van der Waals surface area contributed by atoms with E-state index in [1.807, 2.05) is 6.20 Å². The highest BCUT2D eigenvalue weighted by Gasteiger charge is 2.01. The molecule has 72 valence electrons. The van der Waals surface area contributed by atoms with E-state index in [-0.39, 0.29) is 0 Å². The van der Waals surface area contributed by atoms with Crippen LogP contribution in [0, 0.1) is 0 Å². The van der Waals surface area contributed by atoms with Crippen LogP contribution >= 0.6 is 15.9 Å². The molecule has 0 fully saturated rings. The van der Waals surface area contributed by atoms with E-state index >= 15 is 0 Å². The highest BCUT2D eigenvalue weighted by molar-refractivity contribution is 9.10. The predicted molar refractivity (Wildman–Crippen MR) is 54.7 cm³/mol. The molecule has 0 aromatic carbocycles. The van der Waals surface area contributed by atoms with Gasteiger partial charge in [0.1, 0.15) is 5.82 Å². The van der Waals surface area contributed by atoms with E-state index in [0.29, 0.717) is 18.2 Å². The molecule has 0 aliphatic carbocycles. The SMILES string of the molecule is NCc1nccc(-n2cc(Br)cn2)n1. The van der Waals surface area contributed by atoms with Crippen molar-refractivity contribution in [3.8, 4) is 5.82 Å². The van der Waals surface area contributed by atoms with Gasteiger partial charge in [-0.25, -0.2) is 14.6 Å². The quantitative estimate of drug-likeness (QED) is 0.863. The maximum Gasteiger partial charge on any atom is 0.157 e. The molecule has 14 heavy (non-hydrogen) atoms. The van der Waals surface area contributed by atoms with Gasteiger partial charge in [-0.05, 0) is 15.9 Å². The number of nitrogens with two attached hydrogens (primary N) is 1. The molecule has 0 atom stereocenters. The van der Waals surface area contributed by atoms with Crippen LogP contribution in [0.4, 0.5) is 0 Å². The van der Waals surface area contributed by atoms with Gasteiger partial charge in [-0.15, -0.1) is 0 Å². The summed E-state index contributed by atoms with van der Waals surface area (Å²) < 4.78 is 2.57. The van der Waals surface area contributed by atoms with Gasteiger partial charge >= 0.3 is 0 Å². The fourth-order valence-electron chi connectivity index (χ4n) is 1.04. The second kappa shape index (κ2) is 3.85. The Morgan fingerprint density at radius 3 is 3.00 bits per heavy atom. The van der Waals surface area contributed by atoms with Crippen LogP contribution in [0.5, 0.6) is 0 Å². The molecule has 0 bridgehead atoms. The van der Waals surface area contributed by atoms with Crippen LogP contribution < -0.4 is 5.73 Å². The lowest BCUT2D eigenvalue weighted by Gasteiger charge is -2.00. The molecule has 5 nitrogen and oxygen atoms in total. The van der Waals surface area contributed by atoms with Gasteiger partial charge in [0, 0.05) is 18.5 Å². The van der Waals surface area contributed by atoms with Crippen LogP contribution in [0.3, 0.4) is 0 Å². The number of aromatic nitrogens is 4. The Bertz CT molecular complexity index is 439. The molecule has 2 N–H and O–H groups in total. The third kappa shape index (κ3) is 1.80. The second-order valence-corrected chi connectivity index (χ2v) is 3.55. The molecule has 0 saturated carbocycles. The third-order valence-corrected chi connectivity index (χ3v) is 2.07. The molecule has 2 rings (SSSR count). The number of nitrogens with zero attached hydrogens (tertiary/aromatic N) is 4. The van der Waals surface area contributed by atoms with Gasteiger partial charge in [0.25, 0.3) is 0 Å². The zero-order valence-electron chi connectivity index (χ0n) is 7.26. The van der Waals surface area contributed by atoms with Crippen molar-refractivity contribution >= 4 is 15.9 Å². The Morgan fingerprint density at radius 1 is 1.50 bits per heavy atom. The van der Waals surface area contributed by atoms with Crippen LogP contribution in [0.15, 0.2) is 29.1 Å². The maximum atomic E-state index is 5.44. The maximum absolute atomic E-state index is 5.44. The zero-order chi connectivity index (χ0) is 9.97. The lowest BCUT2D eigenvalue weighted by Crippen LogP contribution is -2.06. The van der Waals surface area contributed by atoms with E-state index in [1.165, 1.54) is 0 Å². The first kappa shape index (κ1) is 9.29. The molecule has 0 amide bonds. The Hall–Kier alpha value is -1.27. The molecule has 0 aliphatic heterocycles. The summed E-state index contributed by atoms with van der Waals surface area (Å²) in [6.45, 7) is 0.330. The standard InChI is InChI=1S/C8H8BrN5/c9-6-4-12-14(5-6)8-1-2-11-7(3-10)13-8/h1-2,4-5H,3,10H2. The highest BCUT2D eigenvalue weighted by Crippen LogP contribution is 2.10. The van der Waals surface area contributed by atoms with Gasteiger partial charge in [-0.3, -0.25) is 0 Å². The van der Waals surface area contributed by atoms with Gasteiger partial charge in [0.2, 0.25) is 0 Å². The lowest BCUT2D eigenvalue weighted by atomic mass is 10.5. The first-order valence-corrected chi connectivity index (χ1v) is 4.81. The van der Waals surface area contributed by atoms with Gasteiger partial charge in [0.15, 0.2) is 5.82 Å². The average Bonchev–Trinajstić information content (AvgIpc) is 2.65. The average molecular weight is 254 g/mol. The summed E-state index contributed by atoms with van der Waals surface area (Å²) >= 11 is 3.31. The van der Waals surface area contributed by atoms with Crippen LogP contribution in [0.2, 0.25) is 0 Å². The molecular formula is C8H8BrN5. The summed E-state index contributed by atoms with van der Waals surface area (Å²) in [7, 11) is 0. The molecule has 2 aromatic heterocycles. The molecule has 2 aromatic rings. The number of rotatable bonds is 2. The monoisotopic (exact) mass is 253 g/mol. The van der Waals surface area contributed by atoms with E-state index < -0.39 is 0 Å². The molecule has 0 radical (unpaired) electrons. The van der Waals surface area contributed by atoms with Gasteiger partial charge in [-0.1, -0.05) is 0 Å². The lowest BCUT2D eigenvalue weighted by molar-refractivity contribution is 0.806. The third-order valence-electron chi connectivity index (χ3n) is 1.66. The van der Waals surface area contributed by atoms with E-state index in [0.717, 1.165) is 4.47 Å². The fourth-order valence-corrected chi connectivity index (χ4v) is 1.33. The van der Waals surface area contributed by atoms with Crippen LogP contribution in [-0.4, -0.2) is 19.7 Å². The van der Waals surface area contributed by atoms with Crippen molar-refractivity contribution in [2.75, 3.05) is 0 Å². The summed E-state index contributed by atoms with van der Waals surface area (Å²) in [6, 6.07) is 1.78. The summed E-state index contributed by atoms with van der Waals surface area (Å²) in [5.74, 6) is 1.32. The summed E-state index contributed by atoms with van der Waals surface area (Å²) in [5, 5.41) is 4.10. The number of hydrogen-bond donors (Lipinski definition) is 1. The Morgan fingerprint density at radius 2 is 2.36 bits per heavy atom. The van der Waals surface area contributed by atoms with E-state index in [1.54, 1.807) is 23.1 Å². The van der Waals surface area contributed by atoms with E-state index in [9.17, 15) is 0 Å². The molecule has 6 heteroatoms. The van der Waals surface area contributed by atoms with Crippen molar-refractivity contribution in [2.24, 2.45) is 5.73 Å². The second-order valence-electron chi connectivity index (χ2n) is 2.64. The van der Waals surface area contributed by atoms with Crippen molar-refractivity contribution < 1.29 is 0 Å². The topological polar surface area (TPSA) is 69.6 Å². The van der Waals surface area contributed by atoms with Crippen molar-refractivity contribution in [1.29, 1.82) is 0 Å². The highest BCUT2D eigenvalue weighted by atomic mass is 79.9. The van der Waals surface area contributed by atoms with Gasteiger partial charge in [-0.2, -0.15) is 5.10 Å². The smallest absolute Gasteiger partial charge is 0.157 e. The molecule has 0 saturated heterocycles. The van der Waals surface area contributed by atoms with Gasteiger partial charge in [0.05, 0.1) is 17.2 Å². The largest absolute Gasteiger partial charge is 0.324 e.